The molecule has 0 aromatic carbocycles. The van der Waals surface area contributed by atoms with Crippen LogP contribution in [0.5, 0.6) is 0 Å². The summed E-state index contributed by atoms with van der Waals surface area (Å²) in [6, 6.07) is 4.23. The minimum atomic E-state index is 0.284. The quantitative estimate of drug-likeness (QED) is 0.919. The molecular weight excluding hydrogens is 306 g/mol. The second-order valence-corrected chi connectivity index (χ2v) is 6.16. The molecule has 1 aliphatic rings. The van der Waals surface area contributed by atoms with Crippen molar-refractivity contribution in [3.63, 3.8) is 0 Å². The molecule has 3 rings (SSSR count). The zero-order chi connectivity index (χ0) is 13.4. The minimum Gasteiger partial charge on any atom is -0.339 e. The van der Waals surface area contributed by atoms with Crippen molar-refractivity contribution in [3.05, 3.63) is 22.8 Å². The van der Waals surface area contributed by atoms with Gasteiger partial charge in [0.15, 0.2) is 5.65 Å². The third kappa shape index (κ3) is 2.60. The lowest BCUT2D eigenvalue weighted by atomic mass is 9.91. The van der Waals surface area contributed by atoms with Crippen LogP contribution in [0.25, 0.3) is 5.65 Å². The molecule has 1 saturated heterocycles. The Labute approximate surface area is 120 Å². The summed E-state index contributed by atoms with van der Waals surface area (Å²) >= 11 is 3.45. The van der Waals surface area contributed by atoms with Crippen molar-refractivity contribution in [1.82, 2.24) is 14.6 Å². The fourth-order valence-corrected chi connectivity index (χ4v) is 2.93. The van der Waals surface area contributed by atoms with E-state index in [-0.39, 0.29) is 6.04 Å². The van der Waals surface area contributed by atoms with Crippen molar-refractivity contribution >= 4 is 27.5 Å². The van der Waals surface area contributed by atoms with E-state index in [2.05, 4.69) is 37.8 Å². The number of rotatable bonds is 2. The van der Waals surface area contributed by atoms with Gasteiger partial charge >= 0.3 is 0 Å². The number of halogens is 1. The van der Waals surface area contributed by atoms with E-state index in [9.17, 15) is 0 Å². The molecule has 3 heterocycles. The molecule has 2 aromatic heterocycles. The first-order valence-electron chi connectivity index (χ1n) is 6.66. The molecule has 5 nitrogen and oxygen atoms in total. The number of piperidine rings is 1. The fourth-order valence-electron chi connectivity index (χ4n) is 2.61. The zero-order valence-corrected chi connectivity index (χ0v) is 12.5. The van der Waals surface area contributed by atoms with E-state index in [0.717, 1.165) is 42.0 Å². The number of nitrogens with two attached hydrogens (primary N) is 1. The van der Waals surface area contributed by atoms with E-state index in [1.54, 1.807) is 0 Å². The third-order valence-corrected chi connectivity index (χ3v) is 4.32. The Kier molecular flexibility index (Phi) is 3.45. The molecule has 0 radical (unpaired) electrons. The molecule has 19 heavy (non-hydrogen) atoms. The fraction of sp³-hybridized carbons (Fsp3) is 0.538. The van der Waals surface area contributed by atoms with Gasteiger partial charge in [-0.25, -0.2) is 4.52 Å². The third-order valence-electron chi connectivity index (χ3n) is 3.85. The highest BCUT2D eigenvalue weighted by atomic mass is 79.9. The van der Waals surface area contributed by atoms with Crippen LogP contribution in [0, 0.1) is 5.92 Å². The molecule has 102 valence electrons. The highest BCUT2D eigenvalue weighted by Crippen LogP contribution is 2.23. The summed E-state index contributed by atoms with van der Waals surface area (Å²) in [4.78, 5) is 6.82. The van der Waals surface area contributed by atoms with Gasteiger partial charge in [-0.15, -0.1) is 5.10 Å². The van der Waals surface area contributed by atoms with Gasteiger partial charge in [0.05, 0.1) is 0 Å². The molecule has 1 atom stereocenters. The molecule has 0 saturated carbocycles. The van der Waals surface area contributed by atoms with Crippen LogP contribution in [-0.4, -0.2) is 33.7 Å². The van der Waals surface area contributed by atoms with Crippen molar-refractivity contribution in [2.45, 2.75) is 25.8 Å². The number of anilines is 1. The van der Waals surface area contributed by atoms with Gasteiger partial charge in [0.1, 0.15) is 0 Å². The van der Waals surface area contributed by atoms with E-state index >= 15 is 0 Å². The minimum absolute atomic E-state index is 0.284. The summed E-state index contributed by atoms with van der Waals surface area (Å²) in [5, 5.41) is 4.54. The zero-order valence-electron chi connectivity index (χ0n) is 11.0. The van der Waals surface area contributed by atoms with E-state index in [1.807, 2.05) is 22.8 Å². The van der Waals surface area contributed by atoms with Crippen LogP contribution >= 0.6 is 15.9 Å². The molecule has 6 heteroatoms. The van der Waals surface area contributed by atoms with Gasteiger partial charge < -0.3 is 10.6 Å². The number of nitrogens with zero attached hydrogens (tertiary/aromatic N) is 4. The summed E-state index contributed by atoms with van der Waals surface area (Å²) in [6.45, 7) is 4.08. The second kappa shape index (κ2) is 5.09. The predicted molar refractivity (Wildman–Crippen MR) is 79.3 cm³/mol. The lowest BCUT2D eigenvalue weighted by Crippen LogP contribution is -2.40. The summed E-state index contributed by atoms with van der Waals surface area (Å²) in [5.74, 6) is 1.45. The molecule has 2 aromatic rings. The Morgan fingerprint density at radius 1 is 1.37 bits per heavy atom. The summed E-state index contributed by atoms with van der Waals surface area (Å²) in [5.41, 5.74) is 6.85. The average molecular weight is 324 g/mol. The lowest BCUT2D eigenvalue weighted by Gasteiger charge is -2.32. The number of fused-ring (bicyclic) bond motifs is 1. The average Bonchev–Trinajstić information content (AvgIpc) is 2.81. The van der Waals surface area contributed by atoms with E-state index in [0.29, 0.717) is 5.92 Å². The highest BCUT2D eigenvalue weighted by molar-refractivity contribution is 9.10. The summed E-state index contributed by atoms with van der Waals surface area (Å²) in [6.07, 6.45) is 4.17. The van der Waals surface area contributed by atoms with E-state index < -0.39 is 0 Å². The standard InChI is InChI=1S/C13H18BrN5/c1-9(15)10-4-6-18(7-5-10)13-16-12-3-2-11(14)8-19(12)17-13/h2-3,8-10H,4-7,15H2,1H3. The van der Waals surface area contributed by atoms with Crippen LogP contribution in [0.2, 0.25) is 0 Å². The van der Waals surface area contributed by atoms with Crippen LogP contribution in [0.3, 0.4) is 0 Å². The van der Waals surface area contributed by atoms with Crippen molar-refractivity contribution in [3.8, 4) is 0 Å². The van der Waals surface area contributed by atoms with Crippen LogP contribution in [-0.2, 0) is 0 Å². The summed E-state index contributed by atoms with van der Waals surface area (Å²) in [7, 11) is 0. The second-order valence-electron chi connectivity index (χ2n) is 5.25. The molecule has 1 unspecified atom stereocenters. The Bertz CT molecular complexity index is 571. The largest absolute Gasteiger partial charge is 0.339 e. The Morgan fingerprint density at radius 2 is 2.11 bits per heavy atom. The normalized spacial score (nSPS) is 19.0. The maximum Gasteiger partial charge on any atom is 0.245 e. The number of aromatic nitrogens is 3. The van der Waals surface area contributed by atoms with Crippen molar-refractivity contribution in [2.75, 3.05) is 18.0 Å². The molecule has 2 N–H and O–H groups in total. The van der Waals surface area contributed by atoms with Gasteiger partial charge in [0.2, 0.25) is 5.95 Å². The molecular formula is C13H18BrN5. The SMILES string of the molecule is CC(N)C1CCN(c2nc3ccc(Br)cn3n2)CC1. The molecule has 0 spiro atoms. The molecule has 0 bridgehead atoms. The van der Waals surface area contributed by atoms with Crippen LogP contribution < -0.4 is 10.6 Å². The maximum absolute atomic E-state index is 5.97. The molecule has 0 amide bonds. The predicted octanol–water partition coefficient (Wildman–Crippen LogP) is 2.06. The van der Waals surface area contributed by atoms with Crippen molar-refractivity contribution in [2.24, 2.45) is 11.7 Å². The maximum atomic E-state index is 5.97. The Morgan fingerprint density at radius 3 is 2.79 bits per heavy atom. The van der Waals surface area contributed by atoms with Gasteiger partial charge in [-0.3, -0.25) is 0 Å². The van der Waals surface area contributed by atoms with Crippen molar-refractivity contribution < 1.29 is 0 Å². The molecule has 0 aliphatic carbocycles. The van der Waals surface area contributed by atoms with Gasteiger partial charge in [-0.1, -0.05) is 0 Å². The Hall–Kier alpha value is -1.14. The monoisotopic (exact) mass is 323 g/mol. The van der Waals surface area contributed by atoms with Gasteiger partial charge in [0, 0.05) is 29.8 Å². The molecule has 1 aliphatic heterocycles. The smallest absolute Gasteiger partial charge is 0.245 e. The van der Waals surface area contributed by atoms with Crippen LogP contribution in [0.1, 0.15) is 19.8 Å². The van der Waals surface area contributed by atoms with Crippen molar-refractivity contribution in [1.29, 1.82) is 0 Å². The highest BCUT2D eigenvalue weighted by Gasteiger charge is 2.24. The Balaban J connectivity index is 1.78. The van der Waals surface area contributed by atoms with Crippen LogP contribution in [0.15, 0.2) is 22.8 Å². The van der Waals surface area contributed by atoms with E-state index in [1.165, 1.54) is 0 Å². The van der Waals surface area contributed by atoms with Gasteiger partial charge in [-0.2, -0.15) is 4.98 Å². The number of pyridine rings is 1. The first-order valence-corrected chi connectivity index (χ1v) is 7.45. The number of hydrogen-bond donors (Lipinski definition) is 1. The molecule has 1 fully saturated rings. The van der Waals surface area contributed by atoms with Gasteiger partial charge in [0.25, 0.3) is 0 Å². The first-order chi connectivity index (χ1) is 9.13. The van der Waals surface area contributed by atoms with E-state index in [4.69, 9.17) is 5.73 Å². The first kappa shape index (κ1) is 12.9. The van der Waals surface area contributed by atoms with Gasteiger partial charge in [-0.05, 0) is 53.7 Å². The van der Waals surface area contributed by atoms with Crippen LogP contribution in [0.4, 0.5) is 5.95 Å². The number of hydrogen-bond acceptors (Lipinski definition) is 4. The summed E-state index contributed by atoms with van der Waals surface area (Å²) < 4.78 is 2.82. The lowest BCUT2D eigenvalue weighted by molar-refractivity contribution is 0.352. The topological polar surface area (TPSA) is 59.5 Å².